The van der Waals surface area contributed by atoms with Gasteiger partial charge in [-0.05, 0) is 31.4 Å². The number of rotatable bonds is 7. The summed E-state index contributed by atoms with van der Waals surface area (Å²) in [5.74, 6) is -0.926. The molecule has 5 rings (SSSR count). The number of hydrogen-bond acceptors (Lipinski definition) is 5. The molecule has 0 unspecified atom stereocenters. The minimum absolute atomic E-state index is 0.0621. The van der Waals surface area contributed by atoms with Crippen LogP contribution in [0.4, 0.5) is 23.2 Å². The van der Waals surface area contributed by atoms with E-state index in [0.717, 1.165) is 12.3 Å². The number of benzene rings is 1. The third-order valence-corrected chi connectivity index (χ3v) is 6.01. The molecule has 3 aliphatic rings. The first-order chi connectivity index (χ1) is 14.9. The molecule has 2 aromatic rings. The van der Waals surface area contributed by atoms with Gasteiger partial charge in [-0.15, -0.1) is 0 Å². The van der Waals surface area contributed by atoms with Crippen LogP contribution in [0.5, 0.6) is 5.75 Å². The highest BCUT2D eigenvalue weighted by Crippen LogP contribution is 2.61. The van der Waals surface area contributed by atoms with Crippen molar-refractivity contribution < 1.29 is 27.1 Å². The van der Waals surface area contributed by atoms with Crippen molar-refractivity contribution in [2.75, 3.05) is 11.9 Å². The van der Waals surface area contributed by atoms with Gasteiger partial charge in [0, 0.05) is 17.1 Å². The lowest BCUT2D eigenvalue weighted by Crippen LogP contribution is -2.81. The predicted octanol–water partition coefficient (Wildman–Crippen LogP) is 3.53. The number of nitrogens with one attached hydrogen (secondary N) is 2. The van der Waals surface area contributed by atoms with Gasteiger partial charge in [-0.2, -0.15) is 18.3 Å². The van der Waals surface area contributed by atoms with Gasteiger partial charge in [0.1, 0.15) is 23.8 Å². The van der Waals surface area contributed by atoms with Crippen LogP contribution in [0.3, 0.4) is 0 Å². The second-order valence-electron chi connectivity index (χ2n) is 8.07. The molecule has 2 N–H and O–H groups in total. The third-order valence-electron chi connectivity index (χ3n) is 5.41. The van der Waals surface area contributed by atoms with E-state index in [0.29, 0.717) is 23.9 Å². The molecule has 1 heterocycles. The first kappa shape index (κ1) is 22.7. The average molecular weight is 495 g/mol. The monoisotopic (exact) mass is 494 g/mol. The van der Waals surface area contributed by atoms with Crippen LogP contribution >= 0.6 is 23.2 Å². The summed E-state index contributed by atoms with van der Waals surface area (Å²) in [6.07, 6.45) is -2.25. The molecule has 0 radical (unpaired) electrons. The largest absolute Gasteiger partial charge is 0.484 e. The molecule has 1 amide bonds. The van der Waals surface area contributed by atoms with Crippen molar-refractivity contribution >= 4 is 34.8 Å². The first-order valence-electron chi connectivity index (χ1n) is 9.39. The van der Waals surface area contributed by atoms with Crippen molar-refractivity contribution in [2.45, 2.75) is 43.1 Å². The van der Waals surface area contributed by atoms with Crippen molar-refractivity contribution in [3.05, 3.63) is 50.6 Å². The molecule has 1 aromatic heterocycles. The lowest BCUT2D eigenvalue weighted by molar-refractivity contribution is -0.143. The van der Waals surface area contributed by atoms with Gasteiger partial charge < -0.3 is 15.4 Å². The van der Waals surface area contributed by atoms with Crippen LogP contribution in [0.2, 0.25) is 10.0 Å². The van der Waals surface area contributed by atoms with Gasteiger partial charge in [-0.25, -0.2) is 9.07 Å². The van der Waals surface area contributed by atoms with Crippen LogP contribution in [0.15, 0.2) is 29.2 Å². The highest BCUT2D eigenvalue weighted by Gasteiger charge is 2.69. The smallest absolute Gasteiger partial charge is 0.408 e. The Morgan fingerprint density at radius 3 is 2.50 bits per heavy atom. The molecule has 0 spiro atoms. The Morgan fingerprint density at radius 2 is 1.88 bits per heavy atom. The number of amides is 1. The number of halogens is 6. The average Bonchev–Trinajstić information content (AvgIpc) is 2.64. The van der Waals surface area contributed by atoms with Crippen molar-refractivity contribution in [1.29, 1.82) is 0 Å². The number of ether oxygens (including phenoxy) is 1. The molecular formula is C19H16Cl2F4N4O3. The number of carbonyl (C=O) groups excluding carboxylic acids is 1. The zero-order chi connectivity index (χ0) is 23.3. The van der Waals surface area contributed by atoms with Crippen LogP contribution in [-0.2, 0) is 11.3 Å². The fraction of sp³-hybridized carbons (Fsp3) is 0.421. The highest BCUT2D eigenvalue weighted by atomic mass is 35.5. The molecular weight excluding hydrogens is 479 g/mol. The summed E-state index contributed by atoms with van der Waals surface area (Å²) in [4.78, 5) is 24.5. The summed E-state index contributed by atoms with van der Waals surface area (Å²) in [6, 6.07) is 3.82. The Bertz CT molecular complexity index is 1120. The summed E-state index contributed by atoms with van der Waals surface area (Å²) in [5, 5.41) is 9.06. The number of hydrogen-bond donors (Lipinski definition) is 2. The molecule has 0 saturated heterocycles. The molecule has 7 nitrogen and oxygen atoms in total. The lowest BCUT2D eigenvalue weighted by Gasteiger charge is -2.70. The Kier molecular flexibility index (Phi) is 5.52. The maximum atomic E-state index is 13.4. The van der Waals surface area contributed by atoms with Gasteiger partial charge in [-0.3, -0.25) is 9.59 Å². The zero-order valence-corrected chi connectivity index (χ0v) is 17.7. The number of carbonyl (C=O) groups is 1. The zero-order valence-electron chi connectivity index (χ0n) is 16.2. The van der Waals surface area contributed by atoms with Gasteiger partial charge in [0.15, 0.2) is 6.61 Å². The number of aromatic nitrogens is 2. The van der Waals surface area contributed by atoms with E-state index >= 15 is 0 Å². The molecule has 2 bridgehead atoms. The second kappa shape index (κ2) is 7.80. The molecule has 0 atom stereocenters. The number of anilines is 1. The third kappa shape index (κ3) is 4.49. The lowest BCUT2D eigenvalue weighted by atomic mass is 9.44. The normalized spacial score (nSPS) is 23.7. The van der Waals surface area contributed by atoms with Gasteiger partial charge in [0.2, 0.25) is 0 Å². The molecule has 0 aliphatic heterocycles. The summed E-state index contributed by atoms with van der Waals surface area (Å²) in [7, 11) is 0. The molecule has 3 saturated carbocycles. The Labute approximate surface area is 188 Å². The molecule has 3 fully saturated rings. The van der Waals surface area contributed by atoms with Crippen molar-refractivity contribution in [3.63, 3.8) is 0 Å². The number of alkyl halides is 3. The van der Waals surface area contributed by atoms with Crippen LogP contribution < -0.4 is 20.9 Å². The van der Waals surface area contributed by atoms with E-state index < -0.39 is 41.1 Å². The van der Waals surface area contributed by atoms with Crippen molar-refractivity contribution in [3.8, 4) is 5.75 Å². The SMILES string of the molecule is O=C(COc1ccc(Cl)c(F)c1)NC12CC(Nc3c(Cl)cnn(CC(F)(F)F)c3=O)(C1)C2. The van der Waals surface area contributed by atoms with E-state index in [-0.39, 0.29) is 28.1 Å². The van der Waals surface area contributed by atoms with Gasteiger partial charge in [-0.1, -0.05) is 23.2 Å². The van der Waals surface area contributed by atoms with Crippen LogP contribution in [0, 0.1) is 5.82 Å². The molecule has 32 heavy (non-hydrogen) atoms. The molecule has 1 aromatic carbocycles. The Hall–Kier alpha value is -2.53. The van der Waals surface area contributed by atoms with E-state index in [1.54, 1.807) is 0 Å². The van der Waals surface area contributed by atoms with Gasteiger partial charge in [0.05, 0.1) is 16.2 Å². The van der Waals surface area contributed by atoms with Gasteiger partial charge >= 0.3 is 6.18 Å². The summed E-state index contributed by atoms with van der Waals surface area (Å²) < 4.78 is 56.9. The van der Waals surface area contributed by atoms with Crippen LogP contribution in [0.25, 0.3) is 0 Å². The van der Waals surface area contributed by atoms with E-state index in [9.17, 15) is 27.2 Å². The Balaban J connectivity index is 1.32. The van der Waals surface area contributed by atoms with E-state index in [1.165, 1.54) is 12.1 Å². The van der Waals surface area contributed by atoms with Crippen LogP contribution in [-0.4, -0.2) is 39.5 Å². The van der Waals surface area contributed by atoms with Crippen molar-refractivity contribution in [1.82, 2.24) is 15.1 Å². The molecule has 172 valence electrons. The minimum Gasteiger partial charge on any atom is -0.484 e. The standard InChI is InChI=1S/C19H16Cl2F4N4O3/c20-11-2-1-10(3-13(11)22)32-5-14(30)27-17-6-18(7-17,8-17)28-15-12(21)4-26-29(16(15)31)9-19(23,24)25/h1-4,28H,5-9H2,(H,27,30). The topological polar surface area (TPSA) is 85.2 Å². The van der Waals surface area contributed by atoms with Gasteiger partial charge in [0.25, 0.3) is 11.5 Å². The summed E-state index contributed by atoms with van der Waals surface area (Å²) >= 11 is 11.6. The number of nitrogens with zero attached hydrogens (tertiary/aromatic N) is 2. The quantitative estimate of drug-likeness (QED) is 0.575. The fourth-order valence-electron chi connectivity index (χ4n) is 4.23. The van der Waals surface area contributed by atoms with Crippen molar-refractivity contribution in [2.24, 2.45) is 0 Å². The van der Waals surface area contributed by atoms with E-state index in [2.05, 4.69) is 15.7 Å². The van der Waals surface area contributed by atoms with E-state index in [1.807, 2.05) is 0 Å². The molecule has 3 aliphatic carbocycles. The highest BCUT2D eigenvalue weighted by molar-refractivity contribution is 6.33. The molecule has 13 heteroatoms. The fourth-order valence-corrected chi connectivity index (χ4v) is 4.52. The maximum absolute atomic E-state index is 13.4. The van der Waals surface area contributed by atoms with Crippen LogP contribution in [0.1, 0.15) is 19.3 Å². The second-order valence-corrected chi connectivity index (χ2v) is 8.89. The Morgan fingerprint density at radius 1 is 1.19 bits per heavy atom. The summed E-state index contributed by atoms with van der Waals surface area (Å²) in [6.45, 7) is -1.86. The minimum atomic E-state index is -4.60. The first-order valence-corrected chi connectivity index (χ1v) is 10.1. The van der Waals surface area contributed by atoms with E-state index in [4.69, 9.17) is 27.9 Å². The summed E-state index contributed by atoms with van der Waals surface area (Å²) in [5.41, 5.74) is -2.17. The predicted molar refractivity (Wildman–Crippen MR) is 108 cm³/mol. The maximum Gasteiger partial charge on any atom is 0.408 e.